The summed E-state index contributed by atoms with van der Waals surface area (Å²) >= 11 is 0. The van der Waals surface area contributed by atoms with Crippen molar-refractivity contribution in [2.45, 2.75) is 0 Å². The van der Waals surface area contributed by atoms with Crippen molar-refractivity contribution in [1.82, 2.24) is 0 Å². The molecule has 0 radical (unpaired) electrons. The van der Waals surface area contributed by atoms with Crippen molar-refractivity contribution in [2.24, 2.45) is 10.9 Å². The maximum absolute atomic E-state index is 13.1. The van der Waals surface area contributed by atoms with Crippen LogP contribution >= 0.6 is 0 Å². The molecule has 0 saturated heterocycles. The van der Waals surface area contributed by atoms with E-state index in [-0.39, 0.29) is 22.6 Å². The summed E-state index contributed by atoms with van der Waals surface area (Å²) in [5.74, 6) is -2.63. The molecular formula is C14H11F2N3O2. The average Bonchev–Trinajstić information content (AvgIpc) is 2.46. The van der Waals surface area contributed by atoms with Crippen molar-refractivity contribution >= 4 is 17.4 Å². The Morgan fingerprint density at radius 3 is 2.38 bits per heavy atom. The van der Waals surface area contributed by atoms with Crippen LogP contribution < -0.4 is 11.1 Å². The normalized spacial score (nSPS) is 11.2. The monoisotopic (exact) mass is 291 g/mol. The summed E-state index contributed by atoms with van der Waals surface area (Å²) in [4.78, 5) is 12.0. The number of rotatable bonds is 3. The van der Waals surface area contributed by atoms with Crippen LogP contribution in [0.4, 0.5) is 14.5 Å². The van der Waals surface area contributed by atoms with Gasteiger partial charge in [-0.1, -0.05) is 17.3 Å². The number of halogens is 2. The van der Waals surface area contributed by atoms with Crippen LogP contribution in [0, 0.1) is 11.6 Å². The van der Waals surface area contributed by atoms with Crippen LogP contribution in [0.2, 0.25) is 0 Å². The maximum Gasteiger partial charge on any atom is 0.255 e. The molecule has 0 unspecified atom stereocenters. The summed E-state index contributed by atoms with van der Waals surface area (Å²) in [6.07, 6.45) is 0. The molecule has 2 aromatic carbocycles. The first-order valence-corrected chi connectivity index (χ1v) is 5.85. The maximum atomic E-state index is 13.1. The minimum atomic E-state index is -0.857. The molecule has 0 heterocycles. The van der Waals surface area contributed by atoms with Crippen LogP contribution in [-0.4, -0.2) is 17.0 Å². The van der Waals surface area contributed by atoms with E-state index in [0.29, 0.717) is 6.07 Å². The lowest BCUT2D eigenvalue weighted by Gasteiger charge is -2.10. The van der Waals surface area contributed by atoms with E-state index in [2.05, 4.69) is 10.5 Å². The Morgan fingerprint density at radius 2 is 1.76 bits per heavy atom. The molecular weight excluding hydrogens is 280 g/mol. The van der Waals surface area contributed by atoms with E-state index < -0.39 is 17.5 Å². The largest absolute Gasteiger partial charge is 0.409 e. The lowest BCUT2D eigenvalue weighted by molar-refractivity contribution is 0.102. The molecule has 0 aromatic heterocycles. The van der Waals surface area contributed by atoms with Crippen LogP contribution in [-0.2, 0) is 0 Å². The first kappa shape index (κ1) is 14.4. The van der Waals surface area contributed by atoms with E-state index in [1.54, 1.807) is 12.1 Å². The van der Waals surface area contributed by atoms with Crippen LogP contribution in [0.5, 0.6) is 0 Å². The second kappa shape index (κ2) is 6.00. The number of amides is 1. The lowest BCUT2D eigenvalue weighted by atomic mass is 10.1. The van der Waals surface area contributed by atoms with Crippen LogP contribution in [0.3, 0.4) is 0 Å². The number of benzene rings is 2. The predicted octanol–water partition coefficient (Wildman–Crippen LogP) is 2.31. The Labute approximate surface area is 118 Å². The topological polar surface area (TPSA) is 87.7 Å². The van der Waals surface area contributed by atoms with Gasteiger partial charge >= 0.3 is 0 Å². The number of amidine groups is 1. The standard InChI is InChI=1S/C14H11F2N3O2/c15-9-5-8(6-10(16)7-9)14(20)18-12-4-2-1-3-11(12)13(17)19-21/h1-7,21H,(H2,17,19)(H,18,20). The van der Waals surface area contributed by atoms with Crippen molar-refractivity contribution in [3.05, 3.63) is 65.2 Å². The number of para-hydroxylation sites is 1. The Hall–Kier alpha value is -2.96. The molecule has 7 heteroatoms. The highest BCUT2D eigenvalue weighted by Gasteiger charge is 2.13. The van der Waals surface area contributed by atoms with Gasteiger partial charge in [-0.15, -0.1) is 0 Å². The second-order valence-corrected chi connectivity index (χ2v) is 4.14. The van der Waals surface area contributed by atoms with Crippen molar-refractivity contribution in [2.75, 3.05) is 5.32 Å². The summed E-state index contributed by atoms with van der Waals surface area (Å²) < 4.78 is 26.2. The fraction of sp³-hybridized carbons (Fsp3) is 0. The van der Waals surface area contributed by atoms with Gasteiger partial charge in [0.15, 0.2) is 5.84 Å². The fourth-order valence-corrected chi connectivity index (χ4v) is 1.75. The average molecular weight is 291 g/mol. The van der Waals surface area contributed by atoms with E-state index >= 15 is 0 Å². The number of anilines is 1. The van der Waals surface area contributed by atoms with Gasteiger partial charge in [-0.3, -0.25) is 4.79 Å². The second-order valence-electron chi connectivity index (χ2n) is 4.14. The zero-order valence-electron chi connectivity index (χ0n) is 10.7. The summed E-state index contributed by atoms with van der Waals surface area (Å²) in [5, 5.41) is 14.0. The number of hydrogen-bond acceptors (Lipinski definition) is 3. The van der Waals surface area contributed by atoms with Crippen molar-refractivity contribution in [1.29, 1.82) is 0 Å². The number of nitrogens with zero attached hydrogens (tertiary/aromatic N) is 1. The number of carbonyl (C=O) groups is 1. The third-order valence-electron chi connectivity index (χ3n) is 2.68. The number of hydrogen-bond donors (Lipinski definition) is 3. The smallest absolute Gasteiger partial charge is 0.255 e. The summed E-state index contributed by atoms with van der Waals surface area (Å²) in [6.45, 7) is 0. The molecule has 0 aliphatic carbocycles. The van der Waals surface area contributed by atoms with Gasteiger partial charge in [-0.25, -0.2) is 8.78 Å². The molecule has 0 fully saturated rings. The van der Waals surface area contributed by atoms with E-state index in [4.69, 9.17) is 10.9 Å². The van der Waals surface area contributed by atoms with Gasteiger partial charge in [-0.05, 0) is 24.3 Å². The predicted molar refractivity (Wildman–Crippen MR) is 73.3 cm³/mol. The third kappa shape index (κ3) is 3.33. The summed E-state index contributed by atoms with van der Waals surface area (Å²) in [6, 6.07) is 8.77. The van der Waals surface area contributed by atoms with E-state index in [1.807, 2.05) is 0 Å². The third-order valence-corrected chi connectivity index (χ3v) is 2.68. The zero-order valence-corrected chi connectivity index (χ0v) is 10.7. The highest BCUT2D eigenvalue weighted by atomic mass is 19.1. The van der Waals surface area contributed by atoms with Gasteiger partial charge in [0.2, 0.25) is 0 Å². The van der Waals surface area contributed by atoms with Gasteiger partial charge in [0.05, 0.1) is 5.69 Å². The van der Waals surface area contributed by atoms with E-state index in [1.165, 1.54) is 12.1 Å². The number of oxime groups is 1. The van der Waals surface area contributed by atoms with Crippen LogP contribution in [0.15, 0.2) is 47.6 Å². The summed E-state index contributed by atoms with van der Waals surface area (Å²) in [7, 11) is 0. The highest BCUT2D eigenvalue weighted by molar-refractivity contribution is 6.09. The number of nitrogens with one attached hydrogen (secondary N) is 1. The first-order valence-electron chi connectivity index (χ1n) is 5.85. The van der Waals surface area contributed by atoms with Crippen molar-refractivity contribution in [3.63, 3.8) is 0 Å². The van der Waals surface area contributed by atoms with Crippen molar-refractivity contribution in [3.8, 4) is 0 Å². The Kier molecular flexibility index (Phi) is 4.13. The van der Waals surface area contributed by atoms with Gasteiger partial charge < -0.3 is 16.3 Å². The molecule has 21 heavy (non-hydrogen) atoms. The van der Waals surface area contributed by atoms with Crippen molar-refractivity contribution < 1.29 is 18.8 Å². The summed E-state index contributed by atoms with van der Waals surface area (Å²) in [5.41, 5.74) is 5.84. The molecule has 0 aliphatic rings. The Bertz CT molecular complexity index is 697. The molecule has 2 rings (SSSR count). The first-order chi connectivity index (χ1) is 10.0. The molecule has 5 nitrogen and oxygen atoms in total. The minimum Gasteiger partial charge on any atom is -0.409 e. The quantitative estimate of drug-likeness (QED) is 0.351. The van der Waals surface area contributed by atoms with E-state index in [9.17, 15) is 13.6 Å². The Balaban J connectivity index is 2.32. The fourth-order valence-electron chi connectivity index (χ4n) is 1.75. The molecule has 1 amide bonds. The van der Waals surface area contributed by atoms with E-state index in [0.717, 1.165) is 12.1 Å². The molecule has 4 N–H and O–H groups in total. The zero-order chi connectivity index (χ0) is 15.4. The van der Waals surface area contributed by atoms with Crippen LogP contribution in [0.25, 0.3) is 0 Å². The highest BCUT2D eigenvalue weighted by Crippen LogP contribution is 2.17. The number of nitrogens with two attached hydrogens (primary N) is 1. The lowest BCUT2D eigenvalue weighted by Crippen LogP contribution is -2.19. The minimum absolute atomic E-state index is 0.179. The Morgan fingerprint density at radius 1 is 1.14 bits per heavy atom. The van der Waals surface area contributed by atoms with Gasteiger partial charge in [0.1, 0.15) is 11.6 Å². The molecule has 108 valence electrons. The van der Waals surface area contributed by atoms with Gasteiger partial charge in [0.25, 0.3) is 5.91 Å². The SMILES string of the molecule is N/C(=N/O)c1ccccc1NC(=O)c1cc(F)cc(F)c1. The molecule has 2 aromatic rings. The molecule has 0 aliphatic heterocycles. The van der Waals surface area contributed by atoms with Gasteiger partial charge in [-0.2, -0.15) is 0 Å². The molecule has 0 atom stereocenters. The molecule has 0 bridgehead atoms. The van der Waals surface area contributed by atoms with Crippen LogP contribution in [0.1, 0.15) is 15.9 Å². The molecule has 0 spiro atoms. The molecule has 0 saturated carbocycles. The number of carbonyl (C=O) groups excluding carboxylic acids is 1. The van der Waals surface area contributed by atoms with Gasteiger partial charge in [0, 0.05) is 17.2 Å².